The van der Waals surface area contributed by atoms with Crippen molar-refractivity contribution in [3.63, 3.8) is 0 Å². The van der Waals surface area contributed by atoms with Crippen LogP contribution in [0.1, 0.15) is 23.2 Å². The molecule has 2 fully saturated rings. The van der Waals surface area contributed by atoms with Gasteiger partial charge in [-0.15, -0.1) is 0 Å². The lowest BCUT2D eigenvalue weighted by Gasteiger charge is -2.27. The van der Waals surface area contributed by atoms with Crippen LogP contribution in [-0.4, -0.2) is 48.9 Å². The van der Waals surface area contributed by atoms with Gasteiger partial charge in [0.2, 0.25) is 11.8 Å². The van der Waals surface area contributed by atoms with Gasteiger partial charge in [-0.1, -0.05) is 11.6 Å². The monoisotopic (exact) mass is 413 g/mol. The molecule has 1 aromatic carbocycles. The predicted molar refractivity (Wildman–Crippen MR) is 110 cm³/mol. The number of carbonyl (C=O) groups excluding carboxylic acids is 3. The minimum atomic E-state index is -0.344. The number of piperazine rings is 1. The topological polar surface area (TPSA) is 94.6 Å². The molecule has 1 aromatic heterocycles. The Kier molecular flexibility index (Phi) is 5.35. The van der Waals surface area contributed by atoms with Gasteiger partial charge < -0.3 is 20.4 Å². The lowest BCUT2D eigenvalue weighted by atomic mass is 10.1. The third-order valence-corrected chi connectivity index (χ3v) is 5.17. The third-order valence-electron chi connectivity index (χ3n) is 4.94. The highest BCUT2D eigenvalue weighted by atomic mass is 35.5. The molecule has 4 rings (SSSR count). The summed E-state index contributed by atoms with van der Waals surface area (Å²) < 4.78 is 0. The summed E-state index contributed by atoms with van der Waals surface area (Å²) in [6.45, 7) is 2.09. The van der Waals surface area contributed by atoms with Gasteiger partial charge in [-0.05, 0) is 36.8 Å². The number of hydrogen-bond acceptors (Lipinski definition) is 5. The van der Waals surface area contributed by atoms with E-state index in [-0.39, 0.29) is 24.3 Å². The SMILES string of the molecule is O=C1CN(c2ccc(NC(=O)c3ccc(Cl)cc3N3CCCC3=O)cn2)CCN1. The van der Waals surface area contributed by atoms with E-state index in [0.717, 1.165) is 6.42 Å². The number of rotatable bonds is 4. The van der Waals surface area contributed by atoms with Crippen molar-refractivity contribution in [2.24, 2.45) is 0 Å². The number of hydrogen-bond donors (Lipinski definition) is 2. The van der Waals surface area contributed by atoms with Gasteiger partial charge in [0.15, 0.2) is 0 Å². The van der Waals surface area contributed by atoms with Crippen molar-refractivity contribution >= 4 is 46.5 Å². The van der Waals surface area contributed by atoms with Gasteiger partial charge in [-0.3, -0.25) is 14.4 Å². The van der Waals surface area contributed by atoms with Crippen LogP contribution in [0.15, 0.2) is 36.5 Å². The summed E-state index contributed by atoms with van der Waals surface area (Å²) >= 11 is 6.10. The molecule has 8 nitrogen and oxygen atoms in total. The van der Waals surface area contributed by atoms with Crippen molar-refractivity contribution in [3.8, 4) is 0 Å². The highest BCUT2D eigenvalue weighted by Gasteiger charge is 2.26. The van der Waals surface area contributed by atoms with E-state index in [0.29, 0.717) is 53.8 Å². The summed E-state index contributed by atoms with van der Waals surface area (Å²) in [5.41, 5.74) is 1.41. The second-order valence-electron chi connectivity index (χ2n) is 6.94. The van der Waals surface area contributed by atoms with E-state index in [9.17, 15) is 14.4 Å². The number of nitrogens with one attached hydrogen (secondary N) is 2. The molecule has 2 N–H and O–H groups in total. The van der Waals surface area contributed by atoms with E-state index in [1.165, 1.54) is 0 Å². The van der Waals surface area contributed by atoms with E-state index in [1.54, 1.807) is 41.4 Å². The first-order valence-electron chi connectivity index (χ1n) is 9.40. The van der Waals surface area contributed by atoms with Crippen LogP contribution >= 0.6 is 11.6 Å². The maximum atomic E-state index is 12.9. The van der Waals surface area contributed by atoms with Crippen LogP contribution in [0, 0.1) is 0 Å². The zero-order valence-electron chi connectivity index (χ0n) is 15.7. The number of aromatic nitrogens is 1. The first kappa shape index (κ1) is 19.2. The molecule has 0 unspecified atom stereocenters. The van der Waals surface area contributed by atoms with Crippen molar-refractivity contribution < 1.29 is 14.4 Å². The average molecular weight is 414 g/mol. The number of benzene rings is 1. The van der Waals surface area contributed by atoms with Crippen LogP contribution in [-0.2, 0) is 9.59 Å². The number of pyridine rings is 1. The van der Waals surface area contributed by atoms with Crippen molar-refractivity contribution in [2.75, 3.05) is 41.3 Å². The summed E-state index contributed by atoms with van der Waals surface area (Å²) in [6, 6.07) is 8.39. The van der Waals surface area contributed by atoms with Crippen LogP contribution in [0.4, 0.5) is 17.2 Å². The predicted octanol–water partition coefficient (Wildman–Crippen LogP) is 2.05. The lowest BCUT2D eigenvalue weighted by Crippen LogP contribution is -2.48. The highest BCUT2D eigenvalue weighted by Crippen LogP contribution is 2.29. The van der Waals surface area contributed by atoms with E-state index < -0.39 is 0 Å². The molecule has 2 aliphatic heterocycles. The van der Waals surface area contributed by atoms with Crippen LogP contribution < -0.4 is 20.4 Å². The molecule has 0 radical (unpaired) electrons. The van der Waals surface area contributed by atoms with Gasteiger partial charge in [0.25, 0.3) is 5.91 Å². The summed E-state index contributed by atoms with van der Waals surface area (Å²) in [5, 5.41) is 6.05. The van der Waals surface area contributed by atoms with Gasteiger partial charge in [0, 0.05) is 31.1 Å². The molecule has 150 valence electrons. The molecule has 0 spiro atoms. The summed E-state index contributed by atoms with van der Waals surface area (Å²) in [6.07, 6.45) is 2.77. The molecule has 29 heavy (non-hydrogen) atoms. The smallest absolute Gasteiger partial charge is 0.257 e. The molecule has 2 aromatic rings. The summed E-state index contributed by atoms with van der Waals surface area (Å²) in [7, 11) is 0. The summed E-state index contributed by atoms with van der Waals surface area (Å²) in [5.74, 6) is 0.274. The quantitative estimate of drug-likeness (QED) is 0.800. The Hall–Kier alpha value is -3.13. The Labute approximate surface area is 172 Å². The lowest BCUT2D eigenvalue weighted by molar-refractivity contribution is -0.120. The van der Waals surface area contributed by atoms with E-state index in [2.05, 4.69) is 15.6 Å². The summed E-state index contributed by atoms with van der Waals surface area (Å²) in [4.78, 5) is 44.4. The first-order chi connectivity index (χ1) is 14.0. The fraction of sp³-hybridized carbons (Fsp3) is 0.300. The number of amides is 3. The third kappa shape index (κ3) is 4.17. The minimum Gasteiger partial charge on any atom is -0.353 e. The van der Waals surface area contributed by atoms with E-state index in [4.69, 9.17) is 11.6 Å². The second kappa shape index (κ2) is 8.08. The number of anilines is 3. The van der Waals surface area contributed by atoms with Crippen LogP contribution in [0.2, 0.25) is 5.02 Å². The largest absolute Gasteiger partial charge is 0.353 e. The Morgan fingerprint density at radius 3 is 2.72 bits per heavy atom. The van der Waals surface area contributed by atoms with Gasteiger partial charge in [0.05, 0.1) is 29.7 Å². The molecule has 0 aliphatic carbocycles. The Morgan fingerprint density at radius 1 is 1.17 bits per heavy atom. The number of halogens is 1. The highest BCUT2D eigenvalue weighted by molar-refractivity contribution is 6.31. The zero-order valence-corrected chi connectivity index (χ0v) is 16.4. The van der Waals surface area contributed by atoms with Crippen LogP contribution in [0.25, 0.3) is 0 Å². The van der Waals surface area contributed by atoms with Crippen LogP contribution in [0.5, 0.6) is 0 Å². The zero-order chi connectivity index (χ0) is 20.4. The Balaban J connectivity index is 1.51. The molecule has 9 heteroatoms. The van der Waals surface area contributed by atoms with Crippen molar-refractivity contribution in [1.82, 2.24) is 10.3 Å². The second-order valence-corrected chi connectivity index (χ2v) is 7.38. The molecule has 3 heterocycles. The molecule has 2 aliphatic rings. The van der Waals surface area contributed by atoms with Crippen molar-refractivity contribution in [2.45, 2.75) is 12.8 Å². The molecular formula is C20H20ClN5O3. The number of carbonyl (C=O) groups is 3. The van der Waals surface area contributed by atoms with Gasteiger partial charge in [-0.25, -0.2) is 4.98 Å². The van der Waals surface area contributed by atoms with Gasteiger partial charge >= 0.3 is 0 Å². The Bertz CT molecular complexity index is 963. The standard InChI is InChI=1S/C20H20ClN5O3/c21-13-3-5-15(16(10-13)26-8-1-2-19(26)28)20(29)24-14-4-6-17(23-11-14)25-9-7-22-18(27)12-25/h3-6,10-11H,1-2,7-9,12H2,(H,22,27)(H,24,29). The van der Waals surface area contributed by atoms with E-state index in [1.807, 2.05) is 4.90 Å². The molecule has 0 atom stereocenters. The molecular weight excluding hydrogens is 394 g/mol. The molecule has 0 bridgehead atoms. The fourth-order valence-corrected chi connectivity index (χ4v) is 3.67. The average Bonchev–Trinajstić information content (AvgIpc) is 3.14. The Morgan fingerprint density at radius 2 is 2.03 bits per heavy atom. The van der Waals surface area contributed by atoms with E-state index >= 15 is 0 Å². The molecule has 2 saturated heterocycles. The van der Waals surface area contributed by atoms with Crippen LogP contribution in [0.3, 0.4) is 0 Å². The van der Waals surface area contributed by atoms with Gasteiger partial charge in [-0.2, -0.15) is 0 Å². The van der Waals surface area contributed by atoms with Crippen molar-refractivity contribution in [1.29, 1.82) is 0 Å². The molecule has 0 saturated carbocycles. The number of nitrogens with zero attached hydrogens (tertiary/aromatic N) is 3. The molecule has 3 amide bonds. The normalized spacial score (nSPS) is 16.7. The van der Waals surface area contributed by atoms with Gasteiger partial charge in [0.1, 0.15) is 5.82 Å². The maximum Gasteiger partial charge on any atom is 0.257 e. The maximum absolute atomic E-state index is 12.9. The first-order valence-corrected chi connectivity index (χ1v) is 9.78. The fourth-order valence-electron chi connectivity index (χ4n) is 3.50. The minimum absolute atomic E-state index is 0.0158. The van der Waals surface area contributed by atoms with Crippen molar-refractivity contribution in [3.05, 3.63) is 47.1 Å².